The summed E-state index contributed by atoms with van der Waals surface area (Å²) < 4.78 is 32.6. The van der Waals surface area contributed by atoms with Gasteiger partial charge in [0.25, 0.3) is 0 Å². The number of phosphoric ester groups is 1. The van der Waals surface area contributed by atoms with Crippen molar-refractivity contribution >= 4 is 19.8 Å². The lowest BCUT2D eigenvalue weighted by molar-refractivity contribution is -0.161. The molecule has 0 aromatic heterocycles. The van der Waals surface area contributed by atoms with Crippen LogP contribution in [0.1, 0.15) is 168 Å². The van der Waals surface area contributed by atoms with Crippen LogP contribution in [-0.4, -0.2) is 88.1 Å². The van der Waals surface area contributed by atoms with Crippen LogP contribution in [0.15, 0.2) is 48.6 Å². The van der Waals surface area contributed by atoms with Crippen LogP contribution in [0.4, 0.5) is 0 Å². The van der Waals surface area contributed by atoms with Crippen molar-refractivity contribution in [3.8, 4) is 0 Å². The summed E-state index contributed by atoms with van der Waals surface area (Å²) in [4.78, 5) is 35.0. The predicted molar refractivity (Wildman–Crippen MR) is 231 cm³/mol. The van der Waals surface area contributed by atoms with E-state index in [9.17, 15) is 34.4 Å². The number of carbonyl (C=O) groups excluding carboxylic acids is 2. The molecule has 0 saturated heterocycles. The van der Waals surface area contributed by atoms with Crippen LogP contribution in [0.25, 0.3) is 0 Å². The number of ether oxygens (including phenoxy) is 2. The van der Waals surface area contributed by atoms with Gasteiger partial charge in [-0.2, -0.15) is 0 Å². The normalized spacial score (nSPS) is 15.5. The van der Waals surface area contributed by atoms with E-state index in [1.54, 1.807) is 18.2 Å². The lowest BCUT2D eigenvalue weighted by Crippen LogP contribution is -2.30. The number of aliphatic hydroxyl groups is 4. The van der Waals surface area contributed by atoms with Crippen molar-refractivity contribution in [3.63, 3.8) is 0 Å². The Balaban J connectivity index is 4.51. The highest BCUT2D eigenvalue weighted by Gasteiger charge is 2.27. The molecule has 0 aliphatic heterocycles. The van der Waals surface area contributed by atoms with Crippen LogP contribution in [-0.2, 0) is 32.7 Å². The molecule has 338 valence electrons. The van der Waals surface area contributed by atoms with Crippen molar-refractivity contribution in [1.82, 2.24) is 0 Å². The number of hydrogen-bond acceptors (Lipinski definition) is 11. The second-order valence-electron chi connectivity index (χ2n) is 15.6. The first-order valence-corrected chi connectivity index (χ1v) is 23.7. The maximum Gasteiger partial charge on any atom is 0.472 e. The van der Waals surface area contributed by atoms with Crippen molar-refractivity contribution in [2.24, 2.45) is 5.92 Å². The van der Waals surface area contributed by atoms with E-state index in [-0.39, 0.29) is 12.8 Å². The molecule has 5 atom stereocenters. The van der Waals surface area contributed by atoms with Crippen LogP contribution in [0.3, 0.4) is 0 Å². The Bertz CT molecular complexity index is 1150. The van der Waals surface area contributed by atoms with Gasteiger partial charge < -0.3 is 34.8 Å². The number of unbranched alkanes of at least 4 members (excludes halogenated alkanes) is 14. The monoisotopic (exact) mass is 845 g/mol. The van der Waals surface area contributed by atoms with Gasteiger partial charge in [-0.05, 0) is 38.0 Å². The quantitative estimate of drug-likeness (QED) is 0.0170. The molecule has 13 heteroatoms. The Morgan fingerprint density at radius 2 is 1.09 bits per heavy atom. The summed E-state index contributed by atoms with van der Waals surface area (Å²) in [5, 5.41) is 38.5. The van der Waals surface area contributed by atoms with Crippen LogP contribution < -0.4 is 0 Å². The maximum absolute atomic E-state index is 12.6. The van der Waals surface area contributed by atoms with Crippen LogP contribution >= 0.6 is 7.82 Å². The lowest BCUT2D eigenvalue weighted by Gasteiger charge is -2.20. The van der Waals surface area contributed by atoms with Crippen LogP contribution in [0.5, 0.6) is 0 Å². The van der Waals surface area contributed by atoms with E-state index in [0.29, 0.717) is 25.7 Å². The fourth-order valence-corrected chi connectivity index (χ4v) is 6.65. The number of carbonyl (C=O) groups is 2. The fraction of sp³-hybridized carbons (Fsp3) is 0.778. The molecule has 0 aromatic carbocycles. The van der Waals surface area contributed by atoms with Gasteiger partial charge in [-0.15, -0.1) is 0 Å². The van der Waals surface area contributed by atoms with Gasteiger partial charge in [0.1, 0.15) is 12.7 Å². The summed E-state index contributed by atoms with van der Waals surface area (Å²) in [5.74, 6) is -0.350. The van der Waals surface area contributed by atoms with Gasteiger partial charge in [0.05, 0.1) is 32.0 Å². The molecule has 12 nitrogen and oxygen atoms in total. The third-order valence-corrected chi connectivity index (χ3v) is 10.3. The van der Waals surface area contributed by atoms with Crippen molar-refractivity contribution in [3.05, 3.63) is 48.6 Å². The molecule has 0 aliphatic rings. The Kier molecular flexibility index (Phi) is 37.6. The highest BCUT2D eigenvalue weighted by Crippen LogP contribution is 2.43. The van der Waals surface area contributed by atoms with Gasteiger partial charge in [-0.25, -0.2) is 4.57 Å². The maximum atomic E-state index is 12.6. The van der Waals surface area contributed by atoms with Gasteiger partial charge in [0, 0.05) is 12.8 Å². The molecule has 0 saturated carbocycles. The number of aliphatic hydroxyl groups excluding tert-OH is 4. The van der Waals surface area contributed by atoms with Gasteiger partial charge >= 0.3 is 19.8 Å². The molecule has 58 heavy (non-hydrogen) atoms. The van der Waals surface area contributed by atoms with Crippen molar-refractivity contribution in [1.29, 1.82) is 0 Å². The highest BCUT2D eigenvalue weighted by atomic mass is 31.2. The molecule has 5 N–H and O–H groups in total. The smallest absolute Gasteiger partial charge is 0.462 e. The summed E-state index contributed by atoms with van der Waals surface area (Å²) in [6.07, 6.45) is 32.9. The van der Waals surface area contributed by atoms with E-state index in [4.69, 9.17) is 19.1 Å². The molecule has 0 fully saturated rings. The Labute approximate surface area is 350 Å². The third-order valence-electron chi connectivity index (χ3n) is 9.37. The average Bonchev–Trinajstić information content (AvgIpc) is 3.18. The number of hydrogen-bond donors (Lipinski definition) is 5. The summed E-state index contributed by atoms with van der Waals surface area (Å²) in [7, 11) is -4.67. The number of esters is 2. The molecule has 0 amide bonds. The van der Waals surface area contributed by atoms with Gasteiger partial charge in [0.15, 0.2) is 6.10 Å². The largest absolute Gasteiger partial charge is 0.472 e. The Morgan fingerprint density at radius 1 is 0.603 bits per heavy atom. The molecule has 0 radical (unpaired) electrons. The molecule has 0 spiro atoms. The van der Waals surface area contributed by atoms with Crippen molar-refractivity contribution in [2.75, 3.05) is 26.4 Å². The second kappa shape index (κ2) is 39.0. The zero-order valence-electron chi connectivity index (χ0n) is 36.1. The van der Waals surface area contributed by atoms with E-state index in [1.165, 1.54) is 64.2 Å². The number of rotatable bonds is 40. The second-order valence-corrected chi connectivity index (χ2v) is 17.1. The predicted octanol–water partition coefficient (Wildman–Crippen LogP) is 9.52. The van der Waals surface area contributed by atoms with Crippen LogP contribution in [0.2, 0.25) is 0 Å². The Hall–Kier alpha value is -2.15. The summed E-state index contributed by atoms with van der Waals surface area (Å²) in [6, 6.07) is 0. The minimum absolute atomic E-state index is 0.00685. The molecule has 0 aliphatic carbocycles. The zero-order chi connectivity index (χ0) is 43.1. The Morgan fingerprint density at radius 3 is 1.62 bits per heavy atom. The minimum atomic E-state index is -4.67. The summed E-state index contributed by atoms with van der Waals surface area (Å²) >= 11 is 0. The molecule has 0 bridgehead atoms. The summed E-state index contributed by atoms with van der Waals surface area (Å²) in [6.45, 7) is 4.34. The van der Waals surface area contributed by atoms with E-state index in [0.717, 1.165) is 50.9 Å². The van der Waals surface area contributed by atoms with E-state index in [2.05, 4.69) is 25.3 Å². The number of allylic oxidation sites excluding steroid dienone is 6. The molecule has 0 rings (SSSR count). The van der Waals surface area contributed by atoms with Crippen molar-refractivity contribution in [2.45, 2.75) is 193 Å². The first-order chi connectivity index (χ1) is 27.9. The lowest BCUT2D eigenvalue weighted by atomic mass is 10.0. The van der Waals surface area contributed by atoms with Gasteiger partial charge in [-0.1, -0.05) is 172 Å². The van der Waals surface area contributed by atoms with Gasteiger partial charge in [0.2, 0.25) is 0 Å². The minimum Gasteiger partial charge on any atom is -0.462 e. The zero-order valence-corrected chi connectivity index (χ0v) is 37.0. The molecule has 1 unspecified atom stereocenters. The van der Waals surface area contributed by atoms with Gasteiger partial charge in [-0.3, -0.25) is 18.6 Å². The highest BCUT2D eigenvalue weighted by molar-refractivity contribution is 7.47. The number of phosphoric acid groups is 1. The molecular formula is C45H81O12P. The topological polar surface area (TPSA) is 189 Å². The van der Waals surface area contributed by atoms with E-state index in [1.807, 2.05) is 30.4 Å². The first-order valence-electron chi connectivity index (χ1n) is 22.2. The average molecular weight is 845 g/mol. The third kappa shape index (κ3) is 39.3. The van der Waals surface area contributed by atoms with E-state index < -0.39 is 70.6 Å². The standard InChI is InChI=1S/C45H81O12P/c1-4-5-22-29-40(47)30-24-19-15-13-16-20-25-31-41(48)32-27-34-44(50)54-37-43(38-56-58(52,53)55-36-42(49)35-46)57-45(51)33-26-21-17-12-10-8-6-7-9-11-14-18-23-28-39(2)3/h15-16,19-20,24-25,30-31,39-43,46-49H,4-14,17-18,21-23,26-29,32-38H2,1-3H3,(H,52,53)/b19-15-,20-16-,30-24+,31-25+/t40-,41-,42-,43+/m0/s1. The first kappa shape index (κ1) is 55.9. The molecule has 0 aromatic rings. The van der Waals surface area contributed by atoms with Crippen LogP contribution in [0, 0.1) is 5.92 Å². The molecule has 0 heterocycles. The SMILES string of the molecule is CCCCC[C@H](O)/C=C/C=C\C/C=C\C=C\[C@H](O)CCCC(=O)OC[C@H](COP(=O)(O)OC[C@@H](O)CO)OC(=O)CCCCCCCCCCCCCCCC(C)C. The fourth-order valence-electron chi connectivity index (χ4n) is 5.86. The van der Waals surface area contributed by atoms with Crippen molar-refractivity contribution < 1.29 is 58.0 Å². The summed E-state index contributed by atoms with van der Waals surface area (Å²) in [5.41, 5.74) is 0. The molecular weight excluding hydrogens is 763 g/mol. The van der Waals surface area contributed by atoms with E-state index >= 15 is 0 Å².